The Morgan fingerprint density at radius 3 is 2.65 bits per heavy atom. The molecule has 2 rings (SSSR count). The third-order valence-corrected chi connectivity index (χ3v) is 4.30. The molecular weight excluding hydrogens is 212 g/mol. The van der Waals surface area contributed by atoms with Crippen LogP contribution in [0.25, 0.3) is 0 Å². The molecule has 0 aromatic rings. The summed E-state index contributed by atoms with van der Waals surface area (Å²) in [7, 11) is 0. The van der Waals surface area contributed by atoms with Crippen LogP contribution >= 0.6 is 0 Å². The highest BCUT2D eigenvalue weighted by Gasteiger charge is 2.26. The average molecular weight is 240 g/mol. The Balaban J connectivity index is 1.66. The van der Waals surface area contributed by atoms with Gasteiger partial charge in [-0.2, -0.15) is 0 Å². The minimum absolute atomic E-state index is 0.625. The molecule has 3 nitrogen and oxygen atoms in total. The van der Waals surface area contributed by atoms with Gasteiger partial charge >= 0.3 is 0 Å². The number of ether oxygens (including phenoxy) is 1. The van der Waals surface area contributed by atoms with Crippen LogP contribution in [-0.4, -0.2) is 49.8 Å². The summed E-state index contributed by atoms with van der Waals surface area (Å²) >= 11 is 0. The Hall–Kier alpha value is -0.120. The second-order valence-electron chi connectivity index (χ2n) is 5.69. The van der Waals surface area contributed by atoms with E-state index in [1.54, 1.807) is 0 Å². The van der Waals surface area contributed by atoms with Gasteiger partial charge in [-0.3, -0.25) is 0 Å². The Labute approximate surface area is 106 Å². The van der Waals surface area contributed by atoms with Crippen LogP contribution < -0.4 is 5.32 Å². The molecule has 1 N–H and O–H groups in total. The monoisotopic (exact) mass is 240 g/mol. The summed E-state index contributed by atoms with van der Waals surface area (Å²) in [5.74, 6) is 0.740. The summed E-state index contributed by atoms with van der Waals surface area (Å²) in [4.78, 5) is 2.60. The summed E-state index contributed by atoms with van der Waals surface area (Å²) in [6, 6.07) is 1.36. The van der Waals surface area contributed by atoms with Gasteiger partial charge in [0.1, 0.15) is 0 Å². The fourth-order valence-electron chi connectivity index (χ4n) is 3.09. The normalized spacial score (nSPS) is 29.6. The van der Waals surface area contributed by atoms with Crippen molar-refractivity contribution in [2.24, 2.45) is 5.92 Å². The van der Waals surface area contributed by atoms with Gasteiger partial charge < -0.3 is 15.0 Å². The van der Waals surface area contributed by atoms with Crippen molar-refractivity contribution in [2.45, 2.75) is 51.6 Å². The van der Waals surface area contributed by atoms with E-state index in [9.17, 15) is 0 Å². The lowest BCUT2D eigenvalue weighted by molar-refractivity contribution is 0.163. The zero-order valence-electron chi connectivity index (χ0n) is 11.5. The minimum Gasteiger partial charge on any atom is -0.381 e. The van der Waals surface area contributed by atoms with E-state index in [-0.39, 0.29) is 0 Å². The van der Waals surface area contributed by atoms with Crippen molar-refractivity contribution >= 4 is 0 Å². The van der Waals surface area contributed by atoms with Crippen LogP contribution in [0.5, 0.6) is 0 Å². The third-order valence-electron chi connectivity index (χ3n) is 4.30. The maximum atomic E-state index is 5.47. The Morgan fingerprint density at radius 1 is 1.29 bits per heavy atom. The maximum Gasteiger partial charge on any atom is 0.0509 e. The van der Waals surface area contributed by atoms with Gasteiger partial charge in [-0.15, -0.1) is 0 Å². The zero-order valence-corrected chi connectivity index (χ0v) is 11.5. The first-order valence-electron chi connectivity index (χ1n) is 7.35. The molecule has 2 fully saturated rings. The standard InChI is InChI=1S/C14H28N2O/c1-3-7-16-8-4-14(5-9-16)15-12(2)13-6-10-17-11-13/h12-15H,3-11H2,1-2H3. The number of hydrogen-bond acceptors (Lipinski definition) is 3. The number of rotatable bonds is 5. The molecule has 0 amide bonds. The molecule has 2 atom stereocenters. The number of hydrogen-bond donors (Lipinski definition) is 1. The molecule has 0 radical (unpaired) electrons. The maximum absolute atomic E-state index is 5.47. The summed E-state index contributed by atoms with van der Waals surface area (Å²) in [5.41, 5.74) is 0. The number of piperidine rings is 1. The molecule has 0 bridgehead atoms. The first-order valence-corrected chi connectivity index (χ1v) is 7.35. The Kier molecular flexibility index (Phi) is 5.26. The highest BCUT2D eigenvalue weighted by Crippen LogP contribution is 2.19. The van der Waals surface area contributed by atoms with E-state index in [2.05, 4.69) is 24.1 Å². The van der Waals surface area contributed by atoms with E-state index < -0.39 is 0 Å². The van der Waals surface area contributed by atoms with Gasteiger partial charge in [-0.25, -0.2) is 0 Å². The van der Waals surface area contributed by atoms with Crippen molar-refractivity contribution in [3.05, 3.63) is 0 Å². The van der Waals surface area contributed by atoms with E-state index >= 15 is 0 Å². The summed E-state index contributed by atoms with van der Waals surface area (Å²) < 4.78 is 5.47. The van der Waals surface area contributed by atoms with Gasteiger partial charge in [0.05, 0.1) is 6.61 Å². The predicted molar refractivity (Wildman–Crippen MR) is 71.3 cm³/mol. The Morgan fingerprint density at radius 2 is 2.06 bits per heavy atom. The lowest BCUT2D eigenvalue weighted by Crippen LogP contribution is -2.47. The molecule has 2 aliphatic rings. The molecule has 0 aromatic heterocycles. The van der Waals surface area contributed by atoms with E-state index in [4.69, 9.17) is 4.74 Å². The van der Waals surface area contributed by atoms with Gasteiger partial charge in [0.25, 0.3) is 0 Å². The number of nitrogens with one attached hydrogen (secondary N) is 1. The summed E-state index contributed by atoms with van der Waals surface area (Å²) in [6.07, 6.45) is 5.16. The first kappa shape index (κ1) is 13.3. The number of likely N-dealkylation sites (tertiary alicyclic amines) is 1. The molecule has 100 valence electrons. The van der Waals surface area contributed by atoms with Crippen molar-refractivity contribution in [1.82, 2.24) is 10.2 Å². The largest absolute Gasteiger partial charge is 0.381 e. The van der Waals surface area contributed by atoms with E-state index in [1.165, 1.54) is 45.3 Å². The SMILES string of the molecule is CCCN1CCC(NC(C)C2CCOC2)CC1. The molecular formula is C14H28N2O. The van der Waals surface area contributed by atoms with Gasteiger partial charge in [0.15, 0.2) is 0 Å². The van der Waals surface area contributed by atoms with Crippen LogP contribution in [-0.2, 0) is 4.74 Å². The quantitative estimate of drug-likeness (QED) is 0.794. The van der Waals surface area contributed by atoms with E-state index in [0.717, 1.165) is 25.2 Å². The van der Waals surface area contributed by atoms with Crippen molar-refractivity contribution in [3.8, 4) is 0 Å². The molecule has 3 heteroatoms. The second kappa shape index (κ2) is 6.72. The van der Waals surface area contributed by atoms with Gasteiger partial charge in [-0.1, -0.05) is 6.92 Å². The summed E-state index contributed by atoms with van der Waals surface area (Å²) in [6.45, 7) is 10.4. The predicted octanol–water partition coefficient (Wildman–Crippen LogP) is 1.88. The highest BCUT2D eigenvalue weighted by atomic mass is 16.5. The van der Waals surface area contributed by atoms with Crippen LogP contribution in [0.15, 0.2) is 0 Å². The zero-order chi connectivity index (χ0) is 12.1. The molecule has 2 aliphatic heterocycles. The summed E-state index contributed by atoms with van der Waals surface area (Å²) in [5, 5.41) is 3.82. The fraction of sp³-hybridized carbons (Fsp3) is 1.00. The molecule has 0 aliphatic carbocycles. The van der Waals surface area contributed by atoms with Crippen molar-refractivity contribution in [3.63, 3.8) is 0 Å². The van der Waals surface area contributed by atoms with Crippen molar-refractivity contribution < 1.29 is 4.74 Å². The smallest absolute Gasteiger partial charge is 0.0509 e. The second-order valence-corrected chi connectivity index (χ2v) is 5.69. The first-order chi connectivity index (χ1) is 8.29. The minimum atomic E-state index is 0.625. The molecule has 0 aromatic carbocycles. The lowest BCUT2D eigenvalue weighted by Gasteiger charge is -2.34. The highest BCUT2D eigenvalue weighted by molar-refractivity contribution is 4.83. The fourth-order valence-corrected chi connectivity index (χ4v) is 3.09. The average Bonchev–Trinajstić information content (AvgIpc) is 2.86. The van der Waals surface area contributed by atoms with Crippen LogP contribution in [0.1, 0.15) is 39.5 Å². The molecule has 0 saturated carbocycles. The van der Waals surface area contributed by atoms with Crippen LogP contribution in [0.2, 0.25) is 0 Å². The molecule has 2 saturated heterocycles. The van der Waals surface area contributed by atoms with Gasteiger partial charge in [0, 0.05) is 18.7 Å². The van der Waals surface area contributed by atoms with E-state index in [1.807, 2.05) is 0 Å². The van der Waals surface area contributed by atoms with Crippen LogP contribution in [0, 0.1) is 5.92 Å². The Bertz CT molecular complexity index is 208. The molecule has 17 heavy (non-hydrogen) atoms. The topological polar surface area (TPSA) is 24.5 Å². The third kappa shape index (κ3) is 3.94. The van der Waals surface area contributed by atoms with Gasteiger partial charge in [0.2, 0.25) is 0 Å². The van der Waals surface area contributed by atoms with Crippen LogP contribution in [0.3, 0.4) is 0 Å². The lowest BCUT2D eigenvalue weighted by atomic mass is 9.97. The molecule has 2 unspecified atom stereocenters. The molecule has 0 spiro atoms. The van der Waals surface area contributed by atoms with Crippen molar-refractivity contribution in [2.75, 3.05) is 32.8 Å². The molecule has 2 heterocycles. The van der Waals surface area contributed by atoms with E-state index in [0.29, 0.717) is 6.04 Å². The van der Waals surface area contributed by atoms with Crippen LogP contribution in [0.4, 0.5) is 0 Å². The van der Waals surface area contributed by atoms with Crippen molar-refractivity contribution in [1.29, 1.82) is 0 Å². The number of nitrogens with zero attached hydrogens (tertiary/aromatic N) is 1. The van der Waals surface area contributed by atoms with Gasteiger partial charge in [-0.05, 0) is 58.2 Å².